The van der Waals surface area contributed by atoms with Gasteiger partial charge < -0.3 is 14.9 Å². The summed E-state index contributed by atoms with van der Waals surface area (Å²) >= 11 is 0. The molecule has 7 nitrogen and oxygen atoms in total. The molecule has 1 aliphatic heterocycles. The number of carbonyl (C=O) groups is 1. The molecule has 1 amide bonds. The van der Waals surface area contributed by atoms with Gasteiger partial charge in [-0.1, -0.05) is 11.2 Å². The SMILES string of the molecule is O=C(CN1CCC[C@H](O)C1)NCc1noc(-c2c(F)cccc2F)n1. The van der Waals surface area contributed by atoms with Gasteiger partial charge in [0.15, 0.2) is 5.82 Å². The van der Waals surface area contributed by atoms with Gasteiger partial charge in [0.25, 0.3) is 5.89 Å². The lowest BCUT2D eigenvalue weighted by Crippen LogP contribution is -2.44. The summed E-state index contributed by atoms with van der Waals surface area (Å²) in [6, 6.07) is 3.43. The van der Waals surface area contributed by atoms with Crippen LogP contribution in [-0.4, -0.2) is 51.8 Å². The molecular formula is C16H18F2N4O3. The van der Waals surface area contributed by atoms with E-state index in [1.165, 1.54) is 6.07 Å². The number of hydrogen-bond acceptors (Lipinski definition) is 6. The van der Waals surface area contributed by atoms with Gasteiger partial charge in [0.05, 0.1) is 19.2 Å². The van der Waals surface area contributed by atoms with E-state index in [1.54, 1.807) is 0 Å². The minimum Gasteiger partial charge on any atom is -0.392 e. The van der Waals surface area contributed by atoms with Crippen LogP contribution < -0.4 is 5.32 Å². The van der Waals surface area contributed by atoms with Gasteiger partial charge in [-0.25, -0.2) is 8.78 Å². The zero-order valence-electron chi connectivity index (χ0n) is 13.4. The molecule has 3 rings (SSSR count). The molecule has 2 N–H and O–H groups in total. The monoisotopic (exact) mass is 352 g/mol. The van der Waals surface area contributed by atoms with E-state index in [0.717, 1.165) is 31.5 Å². The topological polar surface area (TPSA) is 91.5 Å². The van der Waals surface area contributed by atoms with Crippen molar-refractivity contribution < 1.29 is 23.2 Å². The molecule has 2 heterocycles. The lowest BCUT2D eigenvalue weighted by atomic mass is 10.1. The van der Waals surface area contributed by atoms with Gasteiger partial charge in [0.2, 0.25) is 5.91 Å². The molecule has 1 atom stereocenters. The van der Waals surface area contributed by atoms with Crippen molar-refractivity contribution in [3.63, 3.8) is 0 Å². The molecule has 1 fully saturated rings. The zero-order valence-corrected chi connectivity index (χ0v) is 13.4. The number of nitrogens with zero attached hydrogens (tertiary/aromatic N) is 3. The van der Waals surface area contributed by atoms with Crippen molar-refractivity contribution in [1.82, 2.24) is 20.4 Å². The van der Waals surface area contributed by atoms with Crippen LogP contribution in [0, 0.1) is 11.6 Å². The summed E-state index contributed by atoms with van der Waals surface area (Å²) in [5.74, 6) is -2.02. The van der Waals surface area contributed by atoms with Gasteiger partial charge in [-0.15, -0.1) is 0 Å². The van der Waals surface area contributed by atoms with Crippen LogP contribution in [0.15, 0.2) is 22.7 Å². The standard InChI is InChI=1S/C16H18F2N4O3/c17-11-4-1-5-12(18)15(11)16-20-13(21-25-16)7-19-14(24)9-22-6-2-3-10(23)8-22/h1,4-5,10,23H,2-3,6-9H2,(H,19,24)/t10-/m0/s1. The number of rotatable bonds is 5. The van der Waals surface area contributed by atoms with Crippen molar-refractivity contribution in [2.24, 2.45) is 0 Å². The van der Waals surface area contributed by atoms with Gasteiger partial charge in [-0.05, 0) is 31.5 Å². The van der Waals surface area contributed by atoms with Crippen LogP contribution in [0.25, 0.3) is 11.5 Å². The highest BCUT2D eigenvalue weighted by molar-refractivity contribution is 5.77. The lowest BCUT2D eigenvalue weighted by molar-refractivity contribution is -0.123. The van der Waals surface area contributed by atoms with Crippen LogP contribution in [-0.2, 0) is 11.3 Å². The average molecular weight is 352 g/mol. The third-order valence-electron chi connectivity index (χ3n) is 3.94. The number of β-amino-alcohol motifs (C(OH)–C–C–N with tert-alkyl or cyclic N) is 1. The Hall–Kier alpha value is -2.39. The summed E-state index contributed by atoms with van der Waals surface area (Å²) in [5, 5.41) is 15.8. The van der Waals surface area contributed by atoms with Crippen molar-refractivity contribution in [1.29, 1.82) is 0 Å². The Kier molecular flexibility index (Phi) is 5.34. The summed E-state index contributed by atoms with van der Waals surface area (Å²) in [6.07, 6.45) is 1.18. The molecule has 0 unspecified atom stereocenters. The summed E-state index contributed by atoms with van der Waals surface area (Å²) in [4.78, 5) is 17.7. The van der Waals surface area contributed by atoms with E-state index < -0.39 is 23.3 Å². The van der Waals surface area contributed by atoms with Crippen LogP contribution in [0.2, 0.25) is 0 Å². The molecule has 134 valence electrons. The smallest absolute Gasteiger partial charge is 0.263 e. The highest BCUT2D eigenvalue weighted by atomic mass is 19.1. The van der Waals surface area contributed by atoms with Crippen molar-refractivity contribution >= 4 is 5.91 Å². The maximum atomic E-state index is 13.7. The Balaban J connectivity index is 1.56. The van der Waals surface area contributed by atoms with E-state index in [0.29, 0.717) is 6.54 Å². The zero-order chi connectivity index (χ0) is 17.8. The fourth-order valence-corrected chi connectivity index (χ4v) is 2.74. The first kappa shape index (κ1) is 17.4. The fraction of sp³-hybridized carbons (Fsp3) is 0.438. The summed E-state index contributed by atoms with van der Waals surface area (Å²) < 4.78 is 32.2. The number of likely N-dealkylation sites (tertiary alicyclic amines) is 1. The molecular weight excluding hydrogens is 334 g/mol. The number of carbonyl (C=O) groups excluding carboxylic acids is 1. The van der Waals surface area contributed by atoms with E-state index >= 15 is 0 Å². The summed E-state index contributed by atoms with van der Waals surface area (Å²) in [6.45, 7) is 1.36. The third-order valence-corrected chi connectivity index (χ3v) is 3.94. The van der Waals surface area contributed by atoms with Crippen LogP contribution in [0.5, 0.6) is 0 Å². The third kappa shape index (κ3) is 4.37. The lowest BCUT2D eigenvalue weighted by Gasteiger charge is -2.29. The molecule has 25 heavy (non-hydrogen) atoms. The van der Waals surface area contributed by atoms with E-state index in [2.05, 4.69) is 15.5 Å². The van der Waals surface area contributed by atoms with E-state index in [-0.39, 0.29) is 30.7 Å². The Morgan fingerprint density at radius 3 is 2.88 bits per heavy atom. The van der Waals surface area contributed by atoms with Gasteiger partial charge in [-0.2, -0.15) is 4.98 Å². The predicted octanol–water partition coefficient (Wildman–Crippen LogP) is 1.09. The van der Waals surface area contributed by atoms with Crippen LogP contribution >= 0.6 is 0 Å². The van der Waals surface area contributed by atoms with E-state index in [1.807, 2.05) is 4.90 Å². The number of halogens is 2. The highest BCUT2D eigenvalue weighted by Gasteiger charge is 2.21. The Morgan fingerprint density at radius 1 is 1.40 bits per heavy atom. The Morgan fingerprint density at radius 2 is 2.16 bits per heavy atom. The fourth-order valence-electron chi connectivity index (χ4n) is 2.74. The minimum atomic E-state index is -0.803. The number of aliphatic hydroxyl groups excluding tert-OH is 1. The van der Waals surface area contributed by atoms with Crippen LogP contribution in [0.1, 0.15) is 18.7 Å². The molecule has 1 aliphatic rings. The number of amides is 1. The molecule has 0 saturated carbocycles. The second-order valence-electron chi connectivity index (χ2n) is 5.92. The molecule has 0 radical (unpaired) electrons. The molecule has 0 bridgehead atoms. The summed E-state index contributed by atoms with van der Waals surface area (Å²) in [7, 11) is 0. The molecule has 9 heteroatoms. The second kappa shape index (κ2) is 7.66. The number of nitrogens with one attached hydrogen (secondary N) is 1. The molecule has 1 aromatic heterocycles. The normalized spacial score (nSPS) is 18.3. The van der Waals surface area contributed by atoms with Gasteiger partial charge in [0.1, 0.15) is 17.2 Å². The Bertz CT molecular complexity index is 732. The summed E-state index contributed by atoms with van der Waals surface area (Å²) in [5.41, 5.74) is -0.394. The molecule has 0 spiro atoms. The van der Waals surface area contributed by atoms with Crippen LogP contribution in [0.3, 0.4) is 0 Å². The number of aliphatic hydroxyl groups is 1. The highest BCUT2D eigenvalue weighted by Crippen LogP contribution is 2.24. The minimum absolute atomic E-state index is 0.0190. The molecule has 1 saturated heterocycles. The van der Waals surface area contributed by atoms with E-state index in [9.17, 15) is 18.7 Å². The number of aromatic nitrogens is 2. The van der Waals surface area contributed by atoms with Crippen LogP contribution in [0.4, 0.5) is 8.78 Å². The van der Waals surface area contributed by atoms with Gasteiger partial charge in [-0.3, -0.25) is 9.69 Å². The number of benzene rings is 1. The van der Waals surface area contributed by atoms with E-state index in [4.69, 9.17) is 4.52 Å². The molecule has 2 aromatic rings. The number of piperidine rings is 1. The second-order valence-corrected chi connectivity index (χ2v) is 5.92. The van der Waals surface area contributed by atoms with Gasteiger partial charge >= 0.3 is 0 Å². The first-order valence-electron chi connectivity index (χ1n) is 7.97. The quantitative estimate of drug-likeness (QED) is 0.837. The average Bonchev–Trinajstić information content (AvgIpc) is 3.01. The van der Waals surface area contributed by atoms with Gasteiger partial charge in [0, 0.05) is 6.54 Å². The predicted molar refractivity (Wildman–Crippen MR) is 83.2 cm³/mol. The number of hydrogen-bond donors (Lipinski definition) is 2. The first-order valence-corrected chi connectivity index (χ1v) is 7.97. The molecule has 1 aromatic carbocycles. The van der Waals surface area contributed by atoms with Crippen molar-refractivity contribution in [2.75, 3.05) is 19.6 Å². The van der Waals surface area contributed by atoms with Crippen molar-refractivity contribution in [2.45, 2.75) is 25.5 Å². The maximum Gasteiger partial charge on any atom is 0.263 e. The Labute approximate surface area is 142 Å². The van der Waals surface area contributed by atoms with Crippen molar-refractivity contribution in [3.8, 4) is 11.5 Å². The largest absolute Gasteiger partial charge is 0.392 e. The molecule has 0 aliphatic carbocycles. The van der Waals surface area contributed by atoms with Crippen molar-refractivity contribution in [3.05, 3.63) is 35.7 Å². The maximum absolute atomic E-state index is 13.7. The first-order chi connectivity index (χ1) is 12.0.